The fourth-order valence-electron chi connectivity index (χ4n) is 2.28. The Balaban J connectivity index is 1.68. The number of aliphatic imine (C=N–C) groups is 1. The minimum atomic E-state index is -0.425. The zero-order chi connectivity index (χ0) is 19.4. The molecule has 8 heteroatoms. The summed E-state index contributed by atoms with van der Waals surface area (Å²) in [6.45, 7) is 1.53. The van der Waals surface area contributed by atoms with Gasteiger partial charge in [0.2, 0.25) is 5.91 Å². The Morgan fingerprint density at radius 3 is 2.85 bits per heavy atom. The van der Waals surface area contributed by atoms with E-state index in [2.05, 4.69) is 10.3 Å². The van der Waals surface area contributed by atoms with E-state index in [1.54, 1.807) is 36.4 Å². The molecular weight excluding hydrogens is 391 g/mol. The summed E-state index contributed by atoms with van der Waals surface area (Å²) in [5.41, 5.74) is 1.38. The van der Waals surface area contributed by atoms with Crippen LogP contribution in [0, 0.1) is 5.82 Å². The van der Waals surface area contributed by atoms with Crippen molar-refractivity contribution in [1.82, 2.24) is 5.32 Å². The molecule has 138 valence electrons. The summed E-state index contributed by atoms with van der Waals surface area (Å²) >= 11 is 7.32. The van der Waals surface area contributed by atoms with Gasteiger partial charge in [-0.15, -0.1) is 0 Å². The molecule has 0 aromatic heterocycles. The van der Waals surface area contributed by atoms with Crippen LogP contribution in [0.3, 0.4) is 0 Å². The average Bonchev–Trinajstić information content (AvgIpc) is 2.92. The summed E-state index contributed by atoms with van der Waals surface area (Å²) in [6.07, 6.45) is 1.63. The zero-order valence-corrected chi connectivity index (χ0v) is 15.7. The summed E-state index contributed by atoms with van der Waals surface area (Å²) in [5, 5.41) is 3.09. The lowest BCUT2D eigenvalue weighted by Crippen LogP contribution is -2.23. The number of amides is 2. The Hall–Kier alpha value is -2.64. The van der Waals surface area contributed by atoms with E-state index in [9.17, 15) is 14.0 Å². The van der Waals surface area contributed by atoms with E-state index in [0.29, 0.717) is 26.8 Å². The first-order valence-corrected chi connectivity index (χ1v) is 9.07. The molecule has 1 heterocycles. The summed E-state index contributed by atoms with van der Waals surface area (Å²) in [7, 11) is 0. The van der Waals surface area contributed by atoms with Crippen molar-refractivity contribution in [2.24, 2.45) is 4.99 Å². The monoisotopic (exact) mass is 404 g/mol. The number of benzene rings is 2. The van der Waals surface area contributed by atoms with E-state index >= 15 is 0 Å². The molecule has 0 aliphatic carbocycles. The second kappa shape index (κ2) is 8.37. The van der Waals surface area contributed by atoms with Crippen LogP contribution < -0.4 is 10.1 Å². The van der Waals surface area contributed by atoms with Gasteiger partial charge in [-0.2, -0.15) is 4.99 Å². The number of rotatable bonds is 4. The minimum absolute atomic E-state index is 0.181. The summed E-state index contributed by atoms with van der Waals surface area (Å²) in [4.78, 5) is 27.1. The highest BCUT2D eigenvalue weighted by molar-refractivity contribution is 8.18. The van der Waals surface area contributed by atoms with Gasteiger partial charge in [0.05, 0.1) is 9.93 Å². The molecule has 1 aliphatic heterocycles. The molecule has 0 spiro atoms. The maximum atomic E-state index is 13.2. The Bertz CT molecular complexity index is 975. The molecule has 1 N–H and O–H groups in total. The number of carbonyl (C=O) groups is 2. The molecule has 0 saturated carbocycles. The number of hydrogen-bond acceptors (Lipinski definition) is 4. The number of halogens is 2. The van der Waals surface area contributed by atoms with Crippen molar-refractivity contribution in [3.63, 3.8) is 0 Å². The Labute approximate surface area is 164 Å². The molecule has 1 aliphatic rings. The quantitative estimate of drug-likeness (QED) is 0.777. The van der Waals surface area contributed by atoms with Crippen molar-refractivity contribution in [2.45, 2.75) is 13.5 Å². The van der Waals surface area contributed by atoms with E-state index < -0.39 is 5.91 Å². The fourth-order valence-corrected chi connectivity index (χ4v) is 3.38. The molecule has 5 nitrogen and oxygen atoms in total. The van der Waals surface area contributed by atoms with Crippen LogP contribution in [-0.4, -0.2) is 17.0 Å². The van der Waals surface area contributed by atoms with Crippen molar-refractivity contribution in [2.75, 3.05) is 0 Å². The highest BCUT2D eigenvalue weighted by atomic mass is 35.5. The highest BCUT2D eigenvalue weighted by Crippen LogP contribution is 2.31. The maximum absolute atomic E-state index is 13.2. The van der Waals surface area contributed by atoms with E-state index in [-0.39, 0.29) is 23.5 Å². The molecule has 0 unspecified atom stereocenters. The molecule has 0 radical (unpaired) electrons. The third-order valence-electron chi connectivity index (χ3n) is 3.44. The number of nitrogens with zero attached hydrogens (tertiary/aromatic N) is 1. The molecule has 0 saturated heterocycles. The number of thioether (sulfide) groups is 1. The fraction of sp³-hybridized carbons (Fsp3) is 0.105. The Kier molecular flexibility index (Phi) is 5.93. The molecular formula is C19H14ClFN2O3S. The van der Waals surface area contributed by atoms with Crippen LogP contribution >= 0.6 is 23.4 Å². The van der Waals surface area contributed by atoms with Crippen LogP contribution in [0.4, 0.5) is 4.39 Å². The molecule has 27 heavy (non-hydrogen) atoms. The van der Waals surface area contributed by atoms with Gasteiger partial charge in [0.15, 0.2) is 5.17 Å². The second-order valence-corrected chi connectivity index (χ2v) is 7.06. The Morgan fingerprint density at radius 1 is 1.33 bits per heavy atom. The van der Waals surface area contributed by atoms with Crippen molar-refractivity contribution < 1.29 is 18.7 Å². The second-order valence-electron chi connectivity index (χ2n) is 5.62. The third-order valence-corrected chi connectivity index (χ3v) is 4.63. The van der Waals surface area contributed by atoms with Crippen LogP contribution in [0.1, 0.15) is 18.1 Å². The number of carbonyl (C=O) groups excluding carboxylic acids is 2. The minimum Gasteiger partial charge on any atom is -0.487 e. The first-order valence-electron chi connectivity index (χ1n) is 7.87. The van der Waals surface area contributed by atoms with Gasteiger partial charge in [-0.25, -0.2) is 4.39 Å². The lowest BCUT2D eigenvalue weighted by molar-refractivity contribution is -0.117. The van der Waals surface area contributed by atoms with Gasteiger partial charge in [-0.1, -0.05) is 29.8 Å². The number of ether oxygens (including phenoxy) is 1. The maximum Gasteiger partial charge on any atom is 0.286 e. The van der Waals surface area contributed by atoms with Crippen LogP contribution in [0.15, 0.2) is 52.4 Å². The zero-order valence-electron chi connectivity index (χ0n) is 14.2. The van der Waals surface area contributed by atoms with Crippen molar-refractivity contribution in [3.8, 4) is 5.75 Å². The van der Waals surface area contributed by atoms with Crippen molar-refractivity contribution in [3.05, 3.63) is 69.3 Å². The summed E-state index contributed by atoms with van der Waals surface area (Å²) in [5.74, 6) is -0.600. The smallest absolute Gasteiger partial charge is 0.286 e. The van der Waals surface area contributed by atoms with Gasteiger partial charge in [0, 0.05) is 6.92 Å². The number of amidine groups is 1. The van der Waals surface area contributed by atoms with E-state index in [0.717, 1.165) is 11.8 Å². The predicted molar refractivity (Wildman–Crippen MR) is 104 cm³/mol. The van der Waals surface area contributed by atoms with E-state index in [4.69, 9.17) is 16.3 Å². The van der Waals surface area contributed by atoms with Crippen molar-refractivity contribution >= 4 is 46.4 Å². The number of hydrogen-bond donors (Lipinski definition) is 1. The topological polar surface area (TPSA) is 67.8 Å². The molecule has 3 rings (SSSR count). The molecule has 2 amide bonds. The van der Waals surface area contributed by atoms with Crippen LogP contribution in [0.2, 0.25) is 5.02 Å². The summed E-state index contributed by atoms with van der Waals surface area (Å²) in [6, 6.07) is 11.2. The predicted octanol–water partition coefficient (Wildman–Crippen LogP) is 4.16. The largest absolute Gasteiger partial charge is 0.487 e. The molecule has 0 fully saturated rings. The van der Waals surface area contributed by atoms with Crippen molar-refractivity contribution in [1.29, 1.82) is 0 Å². The Morgan fingerprint density at radius 2 is 2.15 bits per heavy atom. The standard InChI is InChI=1S/C19H14ClFN2O3S/c1-11(24)22-19-23-18(25)17(27-19)9-12-5-6-16(15(20)8-12)26-10-13-3-2-4-14(21)7-13/h2-9H,10H2,1H3,(H,22,23,24,25). The summed E-state index contributed by atoms with van der Waals surface area (Å²) < 4.78 is 18.8. The first-order chi connectivity index (χ1) is 12.9. The van der Waals surface area contributed by atoms with Gasteiger partial charge in [0.1, 0.15) is 18.2 Å². The van der Waals surface area contributed by atoms with Gasteiger partial charge in [-0.05, 0) is 53.2 Å². The van der Waals surface area contributed by atoms with Gasteiger partial charge >= 0.3 is 0 Å². The van der Waals surface area contributed by atoms with E-state index in [1.165, 1.54) is 19.1 Å². The number of nitrogens with one attached hydrogen (secondary N) is 1. The molecule has 0 atom stereocenters. The van der Waals surface area contributed by atoms with Gasteiger partial charge < -0.3 is 10.1 Å². The third kappa shape index (κ3) is 5.18. The van der Waals surface area contributed by atoms with Gasteiger partial charge in [0.25, 0.3) is 5.91 Å². The van der Waals surface area contributed by atoms with Crippen LogP contribution in [0.5, 0.6) is 5.75 Å². The normalized spacial score (nSPS) is 15.0. The van der Waals surface area contributed by atoms with Gasteiger partial charge in [-0.3, -0.25) is 9.59 Å². The highest BCUT2D eigenvalue weighted by Gasteiger charge is 2.22. The van der Waals surface area contributed by atoms with E-state index in [1.807, 2.05) is 0 Å². The lowest BCUT2D eigenvalue weighted by Gasteiger charge is -2.09. The average molecular weight is 405 g/mol. The first kappa shape index (κ1) is 19.1. The molecule has 2 aromatic carbocycles. The SMILES string of the molecule is CC(=O)NC1=NC(=O)C(=Cc2ccc(OCc3cccc(F)c3)c(Cl)c2)S1. The molecule has 2 aromatic rings. The lowest BCUT2D eigenvalue weighted by atomic mass is 10.2. The van der Waals surface area contributed by atoms with Crippen LogP contribution in [0.25, 0.3) is 6.08 Å². The van der Waals surface area contributed by atoms with Crippen LogP contribution in [-0.2, 0) is 16.2 Å². The molecule has 0 bridgehead atoms.